The van der Waals surface area contributed by atoms with E-state index in [4.69, 9.17) is 9.15 Å². The maximum atomic E-state index is 11.9. The van der Waals surface area contributed by atoms with E-state index in [1.165, 1.54) is 13.4 Å². The Morgan fingerprint density at radius 2 is 1.64 bits per heavy atom. The monoisotopic (exact) mass is 345 g/mol. The molecule has 0 unspecified atom stereocenters. The Bertz CT molecular complexity index is 710. The molecule has 0 saturated carbocycles. The first-order chi connectivity index (χ1) is 12.1. The highest BCUT2D eigenvalue weighted by Gasteiger charge is 2.09. The fourth-order valence-corrected chi connectivity index (χ4v) is 1.97. The lowest BCUT2D eigenvalue weighted by Gasteiger charge is -2.08. The summed E-state index contributed by atoms with van der Waals surface area (Å²) in [6.07, 6.45) is 1.53. The van der Waals surface area contributed by atoms with Gasteiger partial charge in [-0.3, -0.25) is 14.4 Å². The number of hydrogen-bond donors (Lipinski definition) is 3. The largest absolute Gasteiger partial charge is 0.459 e. The number of carbonyl (C=O) groups excluding carboxylic acids is 3. The molecule has 0 aliphatic heterocycles. The van der Waals surface area contributed by atoms with Crippen LogP contribution >= 0.6 is 0 Å². The minimum absolute atomic E-state index is 0.0256. The smallest absolute Gasteiger partial charge is 0.286 e. The highest BCUT2D eigenvalue weighted by molar-refractivity contribution is 5.94. The zero-order valence-corrected chi connectivity index (χ0v) is 13.7. The van der Waals surface area contributed by atoms with Crippen molar-refractivity contribution in [1.29, 1.82) is 0 Å². The van der Waals surface area contributed by atoms with Crippen molar-refractivity contribution < 1.29 is 23.5 Å². The molecule has 3 amide bonds. The van der Waals surface area contributed by atoms with Crippen molar-refractivity contribution in [3.63, 3.8) is 0 Å². The summed E-state index contributed by atoms with van der Waals surface area (Å²) >= 11 is 0. The zero-order valence-electron chi connectivity index (χ0n) is 13.7. The molecule has 0 aliphatic carbocycles. The number of benzene rings is 1. The van der Waals surface area contributed by atoms with Gasteiger partial charge in [0.1, 0.15) is 6.61 Å². The first-order valence-corrected chi connectivity index (χ1v) is 7.59. The molecule has 1 aromatic carbocycles. The predicted octanol–water partition coefficient (Wildman–Crippen LogP) is 1.62. The fourth-order valence-electron chi connectivity index (χ4n) is 1.97. The van der Waals surface area contributed by atoms with Crippen LogP contribution in [0.1, 0.15) is 17.0 Å². The van der Waals surface area contributed by atoms with Crippen molar-refractivity contribution >= 4 is 29.1 Å². The van der Waals surface area contributed by atoms with E-state index in [1.54, 1.807) is 36.4 Å². The zero-order chi connectivity index (χ0) is 18.1. The summed E-state index contributed by atoms with van der Waals surface area (Å²) in [5.41, 5.74) is 1.19. The van der Waals surface area contributed by atoms with Crippen LogP contribution in [0.15, 0.2) is 47.1 Å². The van der Waals surface area contributed by atoms with Gasteiger partial charge in [-0.2, -0.15) is 0 Å². The average Bonchev–Trinajstić information content (AvgIpc) is 3.11. The molecule has 2 rings (SSSR count). The lowest BCUT2D eigenvalue weighted by molar-refractivity contribution is -0.119. The summed E-state index contributed by atoms with van der Waals surface area (Å²) in [5, 5.41) is 7.95. The Labute approximate surface area is 144 Å². The molecule has 0 fully saturated rings. The van der Waals surface area contributed by atoms with Crippen molar-refractivity contribution in [1.82, 2.24) is 5.32 Å². The number of anilines is 2. The molecule has 0 atom stereocenters. The molecule has 0 spiro atoms. The molecule has 0 aliphatic rings. The summed E-state index contributed by atoms with van der Waals surface area (Å²) in [6, 6.07) is 9.83. The van der Waals surface area contributed by atoms with Crippen molar-refractivity contribution in [2.45, 2.75) is 6.42 Å². The van der Waals surface area contributed by atoms with E-state index in [1.807, 2.05) is 0 Å². The summed E-state index contributed by atoms with van der Waals surface area (Å²) in [4.78, 5) is 34.9. The molecule has 0 radical (unpaired) electrons. The molecular weight excluding hydrogens is 326 g/mol. The van der Waals surface area contributed by atoms with Gasteiger partial charge in [-0.15, -0.1) is 0 Å². The van der Waals surface area contributed by atoms with Crippen molar-refractivity contribution in [3.8, 4) is 0 Å². The molecule has 132 valence electrons. The standard InChI is InChI=1S/C17H19N3O5/c1-24-11-16(22)20-13-6-4-12(5-7-13)19-15(21)8-9-18-17(23)14-3-2-10-25-14/h2-7,10H,8-9,11H2,1H3,(H,18,23)(H,19,21)(H,20,22). The van der Waals surface area contributed by atoms with Crippen molar-refractivity contribution in [2.24, 2.45) is 0 Å². The molecule has 3 N–H and O–H groups in total. The van der Waals surface area contributed by atoms with Gasteiger partial charge in [-0.05, 0) is 36.4 Å². The quantitative estimate of drug-likeness (QED) is 0.673. The van der Waals surface area contributed by atoms with E-state index in [0.717, 1.165) is 0 Å². The van der Waals surface area contributed by atoms with Crippen molar-refractivity contribution in [2.75, 3.05) is 30.9 Å². The minimum Gasteiger partial charge on any atom is -0.459 e. The molecule has 2 aromatic rings. The second-order valence-corrected chi connectivity index (χ2v) is 5.09. The van der Waals surface area contributed by atoms with Gasteiger partial charge in [0.05, 0.1) is 6.26 Å². The van der Waals surface area contributed by atoms with Crippen LogP contribution in [0.25, 0.3) is 0 Å². The van der Waals surface area contributed by atoms with Crippen LogP contribution in [0, 0.1) is 0 Å². The lowest BCUT2D eigenvalue weighted by atomic mass is 10.2. The maximum Gasteiger partial charge on any atom is 0.286 e. The summed E-state index contributed by atoms with van der Waals surface area (Å²) < 4.78 is 9.68. The fraction of sp³-hybridized carbons (Fsp3) is 0.235. The normalized spacial score (nSPS) is 10.1. The van der Waals surface area contributed by atoms with Crippen LogP contribution in [0.5, 0.6) is 0 Å². The third kappa shape index (κ3) is 6.11. The SMILES string of the molecule is COCC(=O)Nc1ccc(NC(=O)CCNC(=O)c2ccco2)cc1. The van der Waals surface area contributed by atoms with E-state index >= 15 is 0 Å². The Kier molecular flexibility index (Phi) is 6.73. The van der Waals surface area contributed by atoms with Crippen LogP contribution in [0.3, 0.4) is 0 Å². The molecular formula is C17H19N3O5. The van der Waals surface area contributed by atoms with Crippen LogP contribution in [0.4, 0.5) is 11.4 Å². The van der Waals surface area contributed by atoms with Crippen LogP contribution < -0.4 is 16.0 Å². The van der Waals surface area contributed by atoms with E-state index in [9.17, 15) is 14.4 Å². The number of furan rings is 1. The van der Waals surface area contributed by atoms with Gasteiger partial charge >= 0.3 is 0 Å². The minimum atomic E-state index is -0.367. The second kappa shape index (κ2) is 9.24. The predicted molar refractivity (Wildman–Crippen MR) is 91.2 cm³/mol. The van der Waals surface area contributed by atoms with Gasteiger partial charge in [0.15, 0.2) is 5.76 Å². The number of rotatable bonds is 8. The second-order valence-electron chi connectivity index (χ2n) is 5.09. The van der Waals surface area contributed by atoms with E-state index in [-0.39, 0.29) is 43.1 Å². The number of nitrogens with one attached hydrogen (secondary N) is 3. The van der Waals surface area contributed by atoms with E-state index in [0.29, 0.717) is 11.4 Å². The Morgan fingerprint density at radius 1 is 1.00 bits per heavy atom. The number of ether oxygens (including phenoxy) is 1. The number of carbonyl (C=O) groups is 3. The van der Waals surface area contributed by atoms with Crippen LogP contribution in [-0.2, 0) is 14.3 Å². The molecule has 8 nitrogen and oxygen atoms in total. The molecule has 1 aromatic heterocycles. The number of amides is 3. The van der Waals surface area contributed by atoms with Crippen LogP contribution in [-0.4, -0.2) is 38.0 Å². The molecule has 0 saturated heterocycles. The van der Waals surface area contributed by atoms with Gasteiger partial charge in [0.2, 0.25) is 11.8 Å². The molecule has 1 heterocycles. The summed E-state index contributed by atoms with van der Waals surface area (Å²) in [6.45, 7) is 0.165. The van der Waals surface area contributed by atoms with Gasteiger partial charge in [0, 0.05) is 31.5 Å². The van der Waals surface area contributed by atoms with Gasteiger partial charge in [-0.1, -0.05) is 0 Å². The first kappa shape index (κ1) is 18.2. The van der Waals surface area contributed by atoms with E-state index < -0.39 is 0 Å². The third-order valence-corrected chi connectivity index (χ3v) is 3.11. The summed E-state index contributed by atoms with van der Waals surface area (Å²) in [5.74, 6) is -0.664. The number of hydrogen-bond acceptors (Lipinski definition) is 5. The molecule has 8 heteroatoms. The Hall–Kier alpha value is -3.13. The lowest BCUT2D eigenvalue weighted by Crippen LogP contribution is -2.27. The average molecular weight is 345 g/mol. The van der Waals surface area contributed by atoms with Gasteiger partial charge < -0.3 is 25.1 Å². The van der Waals surface area contributed by atoms with E-state index in [2.05, 4.69) is 16.0 Å². The number of methoxy groups -OCH3 is 1. The first-order valence-electron chi connectivity index (χ1n) is 7.59. The maximum absolute atomic E-state index is 11.9. The Balaban J connectivity index is 1.73. The van der Waals surface area contributed by atoms with Gasteiger partial charge in [-0.25, -0.2) is 0 Å². The van der Waals surface area contributed by atoms with Crippen LogP contribution in [0.2, 0.25) is 0 Å². The topological polar surface area (TPSA) is 110 Å². The van der Waals surface area contributed by atoms with Crippen molar-refractivity contribution in [3.05, 3.63) is 48.4 Å². The third-order valence-electron chi connectivity index (χ3n) is 3.11. The van der Waals surface area contributed by atoms with Gasteiger partial charge in [0.25, 0.3) is 5.91 Å². The highest BCUT2D eigenvalue weighted by atomic mass is 16.5. The Morgan fingerprint density at radius 3 is 2.20 bits per heavy atom. The molecule has 0 bridgehead atoms. The molecule has 25 heavy (non-hydrogen) atoms. The summed E-state index contributed by atoms with van der Waals surface area (Å²) in [7, 11) is 1.44. The highest BCUT2D eigenvalue weighted by Crippen LogP contribution is 2.13.